The molecule has 2 atom stereocenters. The van der Waals surface area contributed by atoms with Crippen molar-refractivity contribution in [3.8, 4) is 16.9 Å². The molecule has 1 heterocycles. The number of nitrogens with one attached hydrogen (secondary N) is 4. The normalized spacial score (nSPS) is 15.2. The number of benzene rings is 4. The van der Waals surface area contributed by atoms with Crippen LogP contribution in [0.25, 0.3) is 11.1 Å². The highest BCUT2D eigenvalue weighted by Gasteiger charge is 2.39. The van der Waals surface area contributed by atoms with Gasteiger partial charge in [-0.25, -0.2) is 17.9 Å². The lowest BCUT2D eigenvalue weighted by molar-refractivity contribution is -0.129. The number of nitrogens with two attached hydrogens (primary N) is 1. The highest BCUT2D eigenvalue weighted by atomic mass is 32.2. The molecule has 4 aromatic carbocycles. The number of fused-ring (bicyclic) bond motifs is 4. The number of likely N-dealkylation sites (N-methyl/N-ethyl adjacent to an activating group) is 1. The first-order valence-corrected chi connectivity index (χ1v) is 20.9. The molecule has 0 saturated carbocycles. The Kier molecular flexibility index (Phi) is 12.5. The smallest absolute Gasteiger partial charge is 0.407 e. The molecular weight excluding hydrogens is 757 g/mol. The summed E-state index contributed by atoms with van der Waals surface area (Å²) in [5.74, 6) is -0.793. The van der Waals surface area contributed by atoms with E-state index in [1.165, 1.54) is 7.05 Å². The Bertz CT molecular complexity index is 2300. The summed E-state index contributed by atoms with van der Waals surface area (Å²) in [6.07, 6.45) is -0.295. The predicted octanol–water partition coefficient (Wildman–Crippen LogP) is 5.04. The number of aliphatic imine (C=N–C) groups is 1. The number of rotatable bonds is 14. The van der Waals surface area contributed by atoms with E-state index in [2.05, 4.69) is 25.7 Å². The van der Waals surface area contributed by atoms with Gasteiger partial charge in [0.05, 0.1) is 11.5 Å². The second-order valence-electron chi connectivity index (χ2n) is 15.5. The molecule has 6 N–H and O–H groups in total. The topological polar surface area (TPSA) is 190 Å². The third kappa shape index (κ3) is 8.81. The third-order valence-corrected chi connectivity index (χ3v) is 12.6. The van der Waals surface area contributed by atoms with Gasteiger partial charge in [0.25, 0.3) is 10.0 Å². The van der Waals surface area contributed by atoms with Gasteiger partial charge in [0.15, 0.2) is 0 Å². The maximum atomic E-state index is 13.9. The largest absolute Gasteiger partial charge is 0.492 e. The van der Waals surface area contributed by atoms with E-state index in [-0.39, 0.29) is 54.6 Å². The van der Waals surface area contributed by atoms with Gasteiger partial charge in [0, 0.05) is 36.9 Å². The highest BCUT2D eigenvalue weighted by Crippen LogP contribution is 2.47. The Morgan fingerprint density at radius 3 is 2.12 bits per heavy atom. The van der Waals surface area contributed by atoms with Gasteiger partial charge in [0.1, 0.15) is 24.4 Å². The zero-order valence-electron chi connectivity index (χ0n) is 33.8. The van der Waals surface area contributed by atoms with Crippen LogP contribution in [0.5, 0.6) is 5.75 Å². The summed E-state index contributed by atoms with van der Waals surface area (Å²) in [4.78, 5) is 44.6. The fraction of sp³-hybridized carbons (Fsp3) is 0.364. The van der Waals surface area contributed by atoms with Crippen molar-refractivity contribution in [2.75, 3.05) is 26.8 Å². The molecule has 0 spiro atoms. The molecule has 0 radical (unpaired) electrons. The number of nitrogens with zero attached hydrogens (tertiary/aromatic N) is 1. The van der Waals surface area contributed by atoms with E-state index in [9.17, 15) is 22.8 Å². The molecule has 0 fully saturated rings. The molecule has 58 heavy (non-hydrogen) atoms. The van der Waals surface area contributed by atoms with Crippen molar-refractivity contribution >= 4 is 33.9 Å². The summed E-state index contributed by atoms with van der Waals surface area (Å²) in [6, 6.07) is 23.1. The number of guanidine groups is 1. The van der Waals surface area contributed by atoms with Crippen molar-refractivity contribution in [1.82, 2.24) is 20.7 Å². The molecule has 0 saturated heterocycles. The monoisotopic (exact) mass is 808 g/mol. The van der Waals surface area contributed by atoms with Crippen LogP contribution in [0.4, 0.5) is 4.79 Å². The van der Waals surface area contributed by atoms with Crippen molar-refractivity contribution in [3.05, 3.63) is 118 Å². The zero-order chi connectivity index (χ0) is 41.8. The number of amides is 3. The molecule has 306 valence electrons. The van der Waals surface area contributed by atoms with E-state index in [0.717, 1.165) is 38.9 Å². The first kappa shape index (κ1) is 41.7. The Morgan fingerprint density at radius 1 is 0.862 bits per heavy atom. The van der Waals surface area contributed by atoms with Crippen LogP contribution in [-0.4, -0.2) is 71.2 Å². The number of hydrogen-bond acceptors (Lipinski definition) is 8. The predicted molar refractivity (Wildman–Crippen MR) is 223 cm³/mol. The zero-order valence-corrected chi connectivity index (χ0v) is 34.6. The summed E-state index contributed by atoms with van der Waals surface area (Å²) >= 11 is 0. The van der Waals surface area contributed by atoms with E-state index in [1.54, 1.807) is 13.8 Å². The first-order valence-electron chi connectivity index (χ1n) is 19.4. The highest BCUT2D eigenvalue weighted by molar-refractivity contribution is 7.90. The molecule has 1 aliphatic heterocycles. The van der Waals surface area contributed by atoms with Crippen molar-refractivity contribution in [3.63, 3.8) is 0 Å². The van der Waals surface area contributed by atoms with E-state index < -0.39 is 40.0 Å². The summed E-state index contributed by atoms with van der Waals surface area (Å²) in [5, 5.41) is 8.10. The SMILES string of the molecule is CNC(=O)[C@H](Cc1ccccc1)NC(=O)[C@H](CCCN=C(N)NS(=O)(=O)c1c(C)c(C)c2c(c1C)C(C)(C)CO2)NC(=O)OCC1c2ccccc2-c2ccccc21. The lowest BCUT2D eigenvalue weighted by atomic mass is 9.82. The Labute approximate surface area is 340 Å². The van der Waals surface area contributed by atoms with Gasteiger partial charge in [0.2, 0.25) is 17.8 Å². The van der Waals surface area contributed by atoms with Gasteiger partial charge in [-0.15, -0.1) is 0 Å². The fourth-order valence-electron chi connectivity index (χ4n) is 8.09. The first-order chi connectivity index (χ1) is 27.6. The molecule has 4 aromatic rings. The van der Waals surface area contributed by atoms with Gasteiger partial charge in [-0.3, -0.25) is 14.6 Å². The second-order valence-corrected chi connectivity index (χ2v) is 17.1. The van der Waals surface area contributed by atoms with Gasteiger partial charge in [-0.1, -0.05) is 92.7 Å². The summed E-state index contributed by atoms with van der Waals surface area (Å²) in [6.45, 7) is 9.88. The van der Waals surface area contributed by atoms with Crippen LogP contribution in [0.1, 0.15) is 71.6 Å². The van der Waals surface area contributed by atoms with Crippen molar-refractivity contribution in [2.24, 2.45) is 10.7 Å². The van der Waals surface area contributed by atoms with Gasteiger partial charge in [-0.05, 0) is 78.1 Å². The van der Waals surface area contributed by atoms with E-state index >= 15 is 0 Å². The minimum atomic E-state index is -4.14. The minimum Gasteiger partial charge on any atom is -0.492 e. The summed E-state index contributed by atoms with van der Waals surface area (Å²) in [7, 11) is -2.65. The van der Waals surface area contributed by atoms with E-state index in [0.29, 0.717) is 23.5 Å². The number of alkyl carbamates (subject to hydrolysis) is 1. The average Bonchev–Trinajstić information content (AvgIpc) is 3.70. The molecule has 0 bridgehead atoms. The maximum Gasteiger partial charge on any atom is 0.407 e. The molecule has 2 aliphatic rings. The van der Waals surface area contributed by atoms with Crippen molar-refractivity contribution in [2.45, 2.75) is 82.2 Å². The number of carbonyl (C=O) groups excluding carboxylic acids is 3. The molecule has 0 aromatic heterocycles. The molecular formula is C44H52N6O7S. The number of ether oxygens (including phenoxy) is 2. The fourth-order valence-corrected chi connectivity index (χ4v) is 9.59. The Morgan fingerprint density at radius 2 is 1.48 bits per heavy atom. The summed E-state index contributed by atoms with van der Waals surface area (Å²) < 4.78 is 41.6. The Balaban J connectivity index is 1.15. The standard InChI is InChI=1S/C44H52N6O7S/c1-26-27(2)39(28(3)37-38(26)57-25-44(37,4)5)58(54,55)50-42(45)47-22-14-21-35(41(52)48-36(40(51)46-6)23-29-15-8-7-9-16-29)49-43(53)56-24-34-32-19-12-10-17-30(32)31-18-11-13-20-33(31)34/h7-13,15-20,34-36H,14,21-25H2,1-6H3,(H,46,51)(H,48,52)(H,49,53)(H3,45,47,50)/t35-,36-/m0/s1. The third-order valence-electron chi connectivity index (χ3n) is 11.0. The Hall–Kier alpha value is -5.89. The number of hydrogen-bond donors (Lipinski definition) is 5. The van der Waals surface area contributed by atoms with Crippen LogP contribution < -0.4 is 31.1 Å². The van der Waals surface area contributed by atoms with E-state index in [1.807, 2.05) is 99.6 Å². The quantitative estimate of drug-likeness (QED) is 0.0666. The van der Waals surface area contributed by atoms with Crippen LogP contribution in [0.2, 0.25) is 0 Å². The van der Waals surface area contributed by atoms with Gasteiger partial charge < -0.3 is 31.2 Å². The van der Waals surface area contributed by atoms with Crippen LogP contribution in [-0.2, 0) is 36.2 Å². The molecule has 1 aliphatic carbocycles. The van der Waals surface area contributed by atoms with Crippen LogP contribution in [0, 0.1) is 20.8 Å². The van der Waals surface area contributed by atoms with Crippen LogP contribution in [0.3, 0.4) is 0 Å². The molecule has 6 rings (SSSR count). The molecule has 0 unspecified atom stereocenters. The minimum absolute atomic E-state index is 0.0233. The van der Waals surface area contributed by atoms with Crippen molar-refractivity contribution in [1.29, 1.82) is 0 Å². The lowest BCUT2D eigenvalue weighted by Crippen LogP contribution is -2.54. The van der Waals surface area contributed by atoms with Crippen LogP contribution >= 0.6 is 0 Å². The molecule has 14 heteroatoms. The summed E-state index contributed by atoms with van der Waals surface area (Å²) in [5.41, 5.74) is 13.6. The maximum absolute atomic E-state index is 13.9. The number of carbonyl (C=O) groups is 3. The molecule has 13 nitrogen and oxygen atoms in total. The van der Waals surface area contributed by atoms with E-state index in [4.69, 9.17) is 15.2 Å². The van der Waals surface area contributed by atoms with Crippen molar-refractivity contribution < 1.29 is 32.3 Å². The second kappa shape index (κ2) is 17.3. The lowest BCUT2D eigenvalue weighted by Gasteiger charge is -2.23. The average molecular weight is 809 g/mol. The van der Waals surface area contributed by atoms with Gasteiger partial charge in [-0.2, -0.15) is 0 Å². The molecule has 3 amide bonds. The van der Waals surface area contributed by atoms with Crippen LogP contribution in [0.15, 0.2) is 88.8 Å². The number of sulfonamides is 1. The van der Waals surface area contributed by atoms with Gasteiger partial charge >= 0.3 is 6.09 Å².